The van der Waals surface area contributed by atoms with Crippen LogP contribution in [0.1, 0.15) is 31.7 Å². The summed E-state index contributed by atoms with van der Waals surface area (Å²) >= 11 is 0. The molecule has 6 heteroatoms. The van der Waals surface area contributed by atoms with Crippen molar-refractivity contribution < 1.29 is 23.5 Å². The highest BCUT2D eigenvalue weighted by Crippen LogP contribution is 2.46. The first-order valence-electron chi connectivity index (χ1n) is 6.75. The monoisotopic (exact) mass is 297 g/mol. The van der Waals surface area contributed by atoms with E-state index in [0.717, 1.165) is 23.5 Å². The molecule has 0 bridgehead atoms. The number of carboxylic acid groups (broad SMARTS) is 1. The molecular formula is C15H17F2NO3. The maximum atomic E-state index is 14.0. The number of carboxylic acids is 1. The number of likely N-dealkylation sites (N-methyl/N-ethyl adjacent to an activating group) is 1. The van der Waals surface area contributed by atoms with Gasteiger partial charge in [0.15, 0.2) is 0 Å². The molecule has 1 saturated carbocycles. The summed E-state index contributed by atoms with van der Waals surface area (Å²) < 4.78 is 27.1. The van der Waals surface area contributed by atoms with Gasteiger partial charge in [0.05, 0.1) is 5.41 Å². The Labute approximate surface area is 121 Å². The second kappa shape index (κ2) is 5.42. The third kappa shape index (κ3) is 2.50. The number of carbonyl (C=O) groups is 2. The predicted molar refractivity (Wildman–Crippen MR) is 71.8 cm³/mol. The molecule has 0 aromatic heterocycles. The zero-order chi connectivity index (χ0) is 15.8. The normalized spacial score (nSPS) is 17.7. The molecule has 1 N–H and O–H groups in total. The zero-order valence-electron chi connectivity index (χ0n) is 11.9. The van der Waals surface area contributed by atoms with Crippen LogP contribution in [0.3, 0.4) is 0 Å². The number of hydrogen-bond donors (Lipinski definition) is 1. The topological polar surface area (TPSA) is 57.6 Å². The summed E-state index contributed by atoms with van der Waals surface area (Å²) in [7, 11) is 1.39. The Bertz CT molecular complexity index is 584. The second-order valence-electron chi connectivity index (χ2n) is 5.49. The fourth-order valence-corrected chi connectivity index (χ4v) is 2.69. The van der Waals surface area contributed by atoms with E-state index >= 15 is 0 Å². The lowest BCUT2D eigenvalue weighted by Gasteiger charge is -2.44. The molecule has 1 fully saturated rings. The van der Waals surface area contributed by atoms with E-state index in [9.17, 15) is 18.4 Å². The number of amides is 1. The Morgan fingerprint density at radius 2 is 1.95 bits per heavy atom. The molecule has 0 saturated heterocycles. The van der Waals surface area contributed by atoms with E-state index in [1.165, 1.54) is 20.0 Å². The average molecular weight is 297 g/mol. The second-order valence-corrected chi connectivity index (χ2v) is 5.49. The molecular weight excluding hydrogens is 280 g/mol. The van der Waals surface area contributed by atoms with Crippen molar-refractivity contribution in [2.45, 2.75) is 37.6 Å². The highest BCUT2D eigenvalue weighted by atomic mass is 19.1. The minimum absolute atomic E-state index is 0.143. The van der Waals surface area contributed by atoms with Gasteiger partial charge in [-0.1, -0.05) is 12.5 Å². The van der Waals surface area contributed by atoms with Crippen molar-refractivity contribution in [1.82, 2.24) is 4.90 Å². The largest absolute Gasteiger partial charge is 0.480 e. The van der Waals surface area contributed by atoms with Gasteiger partial charge in [0.25, 0.3) is 0 Å². The minimum Gasteiger partial charge on any atom is -0.480 e. The van der Waals surface area contributed by atoms with Gasteiger partial charge in [-0.3, -0.25) is 4.79 Å². The summed E-state index contributed by atoms with van der Waals surface area (Å²) in [4.78, 5) is 24.8. The molecule has 1 aliphatic rings. The molecule has 0 spiro atoms. The van der Waals surface area contributed by atoms with Gasteiger partial charge in [0, 0.05) is 18.7 Å². The Morgan fingerprint density at radius 1 is 1.33 bits per heavy atom. The first kappa shape index (κ1) is 15.4. The van der Waals surface area contributed by atoms with Crippen LogP contribution in [-0.4, -0.2) is 35.0 Å². The van der Waals surface area contributed by atoms with Crippen molar-refractivity contribution in [1.29, 1.82) is 0 Å². The number of aliphatic carboxylic acids is 1. The Balaban J connectivity index is 2.37. The number of hydrogen-bond acceptors (Lipinski definition) is 2. The maximum Gasteiger partial charge on any atom is 0.326 e. The van der Waals surface area contributed by atoms with Gasteiger partial charge in [-0.25, -0.2) is 13.6 Å². The number of benzene rings is 1. The summed E-state index contributed by atoms with van der Waals surface area (Å²) in [5.41, 5.74) is -0.930. The molecule has 1 aromatic rings. The van der Waals surface area contributed by atoms with E-state index in [1.54, 1.807) is 0 Å². The zero-order valence-corrected chi connectivity index (χ0v) is 11.9. The van der Waals surface area contributed by atoms with Crippen LogP contribution in [0.5, 0.6) is 0 Å². The summed E-state index contributed by atoms with van der Waals surface area (Å²) in [5.74, 6) is -3.03. The van der Waals surface area contributed by atoms with Gasteiger partial charge >= 0.3 is 5.97 Å². The fourth-order valence-electron chi connectivity index (χ4n) is 2.69. The van der Waals surface area contributed by atoms with Crippen LogP contribution in [0.15, 0.2) is 18.2 Å². The Hall–Kier alpha value is -1.98. The minimum atomic E-state index is -1.13. The molecule has 4 nitrogen and oxygen atoms in total. The van der Waals surface area contributed by atoms with Gasteiger partial charge in [0.2, 0.25) is 5.91 Å². The van der Waals surface area contributed by atoms with Crippen molar-refractivity contribution in [2.75, 3.05) is 7.05 Å². The predicted octanol–water partition coefficient (Wildman–Crippen LogP) is 2.32. The Kier molecular flexibility index (Phi) is 3.98. The first-order valence-corrected chi connectivity index (χ1v) is 6.75. The number of rotatable bonds is 4. The van der Waals surface area contributed by atoms with Gasteiger partial charge in [0.1, 0.15) is 17.7 Å². The third-order valence-electron chi connectivity index (χ3n) is 4.32. The summed E-state index contributed by atoms with van der Waals surface area (Å²) in [6, 6.07) is 2.15. The summed E-state index contributed by atoms with van der Waals surface area (Å²) in [6.45, 7) is 1.40. The van der Waals surface area contributed by atoms with Gasteiger partial charge < -0.3 is 10.0 Å². The molecule has 21 heavy (non-hydrogen) atoms. The van der Waals surface area contributed by atoms with Crippen molar-refractivity contribution in [3.8, 4) is 0 Å². The molecule has 2 rings (SSSR count). The van der Waals surface area contributed by atoms with E-state index in [1.807, 2.05) is 0 Å². The van der Waals surface area contributed by atoms with Crippen molar-refractivity contribution >= 4 is 11.9 Å². The number of nitrogens with zero attached hydrogens (tertiary/aromatic N) is 1. The van der Waals surface area contributed by atoms with Gasteiger partial charge in [-0.05, 0) is 25.8 Å². The van der Waals surface area contributed by atoms with Crippen LogP contribution in [0.25, 0.3) is 0 Å². The highest BCUT2D eigenvalue weighted by Gasteiger charge is 2.49. The smallest absolute Gasteiger partial charge is 0.326 e. The van der Waals surface area contributed by atoms with Crippen molar-refractivity contribution in [3.63, 3.8) is 0 Å². The van der Waals surface area contributed by atoms with E-state index in [4.69, 9.17) is 5.11 Å². The quantitative estimate of drug-likeness (QED) is 0.928. The molecule has 0 aliphatic heterocycles. The average Bonchev–Trinajstić information content (AvgIpc) is 2.37. The SMILES string of the molecule is CC(C(=O)O)N(C)C(=O)C1(c2ccc(F)cc2F)CCC1. The molecule has 1 amide bonds. The van der Waals surface area contributed by atoms with Crippen LogP contribution in [0.2, 0.25) is 0 Å². The molecule has 114 valence electrons. The molecule has 1 atom stereocenters. The lowest BCUT2D eigenvalue weighted by Crippen LogP contribution is -2.54. The Morgan fingerprint density at radius 3 is 2.38 bits per heavy atom. The van der Waals surface area contributed by atoms with Crippen LogP contribution < -0.4 is 0 Å². The van der Waals surface area contributed by atoms with E-state index in [2.05, 4.69) is 0 Å². The maximum absolute atomic E-state index is 14.0. The van der Waals surface area contributed by atoms with Crippen molar-refractivity contribution in [2.24, 2.45) is 0 Å². The summed E-state index contributed by atoms with van der Waals surface area (Å²) in [6.07, 6.45) is 1.62. The highest BCUT2D eigenvalue weighted by molar-refractivity contribution is 5.92. The van der Waals surface area contributed by atoms with Crippen LogP contribution in [0, 0.1) is 11.6 Å². The number of carbonyl (C=O) groups excluding carboxylic acids is 1. The van der Waals surface area contributed by atoms with Gasteiger partial charge in [-0.15, -0.1) is 0 Å². The first-order chi connectivity index (χ1) is 9.79. The van der Waals surface area contributed by atoms with E-state index in [-0.39, 0.29) is 5.56 Å². The van der Waals surface area contributed by atoms with Crippen molar-refractivity contribution in [3.05, 3.63) is 35.4 Å². The molecule has 1 aromatic carbocycles. The molecule has 0 heterocycles. The number of halogens is 2. The van der Waals surface area contributed by atoms with Crippen LogP contribution in [-0.2, 0) is 15.0 Å². The van der Waals surface area contributed by atoms with Crippen LogP contribution in [0.4, 0.5) is 8.78 Å². The lowest BCUT2D eigenvalue weighted by molar-refractivity contribution is -0.152. The van der Waals surface area contributed by atoms with Crippen LogP contribution >= 0.6 is 0 Å². The third-order valence-corrected chi connectivity index (χ3v) is 4.32. The molecule has 0 radical (unpaired) electrons. The van der Waals surface area contributed by atoms with E-state index < -0.39 is 35.0 Å². The van der Waals surface area contributed by atoms with Gasteiger partial charge in [-0.2, -0.15) is 0 Å². The van der Waals surface area contributed by atoms with E-state index in [0.29, 0.717) is 12.8 Å². The molecule has 1 aliphatic carbocycles. The molecule has 1 unspecified atom stereocenters. The lowest BCUT2D eigenvalue weighted by atomic mass is 9.63. The summed E-state index contributed by atoms with van der Waals surface area (Å²) in [5, 5.41) is 9.00. The fraction of sp³-hybridized carbons (Fsp3) is 0.467. The standard InChI is InChI=1S/C15H17F2NO3/c1-9(13(19)20)18(2)14(21)15(6-3-7-15)11-5-4-10(16)8-12(11)17/h4-5,8-9H,3,6-7H2,1-2H3,(H,19,20).